The third-order valence-corrected chi connectivity index (χ3v) is 6.10. The van der Waals surface area contributed by atoms with Crippen LogP contribution in [0.5, 0.6) is 0 Å². The number of rotatable bonds is 5. The molecule has 1 amide bonds. The first kappa shape index (κ1) is 19.7. The number of nitrogens with zero attached hydrogens (tertiary/aromatic N) is 3. The fraction of sp³-hybridized carbons (Fsp3) is 0.0952. The zero-order valence-corrected chi connectivity index (χ0v) is 17.9. The highest BCUT2D eigenvalue weighted by molar-refractivity contribution is 8.18. The number of halogens is 1. The molecule has 29 heavy (non-hydrogen) atoms. The maximum atomic E-state index is 12.9. The quantitative estimate of drug-likeness (QED) is 0.351. The van der Waals surface area contributed by atoms with Crippen molar-refractivity contribution >= 4 is 57.0 Å². The molecule has 3 heterocycles. The normalized spacial score (nSPS) is 16.9. The molecule has 1 saturated heterocycles. The number of thioether (sulfide) groups is 1. The SMILES string of the molecule is C=CCN1C(=O)/C(=C\c2ccc(-c3cccc(Cl)c3)o2)S/C1=N/c1nc(C)cs1. The minimum absolute atomic E-state index is 0.136. The van der Waals surface area contributed by atoms with Gasteiger partial charge < -0.3 is 4.42 Å². The molecule has 3 aromatic rings. The average molecular weight is 442 g/mol. The number of hydrogen-bond acceptors (Lipinski definition) is 6. The highest BCUT2D eigenvalue weighted by atomic mass is 35.5. The maximum absolute atomic E-state index is 12.9. The predicted octanol–water partition coefficient (Wildman–Crippen LogP) is 6.15. The lowest BCUT2D eigenvalue weighted by Crippen LogP contribution is -2.29. The molecule has 0 atom stereocenters. The summed E-state index contributed by atoms with van der Waals surface area (Å²) in [4.78, 5) is 23.9. The van der Waals surface area contributed by atoms with E-state index in [1.807, 2.05) is 48.7 Å². The van der Waals surface area contributed by atoms with E-state index in [2.05, 4.69) is 16.6 Å². The molecule has 4 rings (SSSR count). The number of furan rings is 1. The predicted molar refractivity (Wildman–Crippen MR) is 121 cm³/mol. The number of thiazole rings is 1. The Morgan fingerprint density at radius 3 is 2.93 bits per heavy atom. The Hall–Kier alpha value is -2.61. The van der Waals surface area contributed by atoms with Crippen LogP contribution in [-0.4, -0.2) is 27.5 Å². The van der Waals surface area contributed by atoms with Crippen molar-refractivity contribution < 1.29 is 9.21 Å². The van der Waals surface area contributed by atoms with Crippen LogP contribution in [0.15, 0.2) is 68.7 Å². The van der Waals surface area contributed by atoms with Crippen LogP contribution >= 0.6 is 34.7 Å². The number of aryl methyl sites for hydroxylation is 1. The second kappa shape index (κ2) is 8.41. The summed E-state index contributed by atoms with van der Waals surface area (Å²) in [5.74, 6) is 1.13. The number of amidine groups is 1. The van der Waals surface area contributed by atoms with E-state index in [0.717, 1.165) is 11.3 Å². The Morgan fingerprint density at radius 1 is 1.34 bits per heavy atom. The number of aromatic nitrogens is 1. The highest BCUT2D eigenvalue weighted by Crippen LogP contribution is 2.35. The molecule has 0 radical (unpaired) electrons. The Balaban J connectivity index is 1.63. The van der Waals surface area contributed by atoms with Crippen LogP contribution in [0.3, 0.4) is 0 Å². The van der Waals surface area contributed by atoms with E-state index in [1.54, 1.807) is 17.1 Å². The van der Waals surface area contributed by atoms with Gasteiger partial charge in [-0.2, -0.15) is 4.99 Å². The zero-order valence-electron chi connectivity index (χ0n) is 15.5. The standard InChI is InChI=1S/C21H16ClN3O2S2/c1-3-9-25-19(26)18(29-21(25)24-20-23-13(2)12-28-20)11-16-7-8-17(27-16)14-5-4-6-15(22)10-14/h3-8,10-12H,1,9H2,2H3/b18-11+,24-21+. The van der Waals surface area contributed by atoms with Crippen LogP contribution in [0.25, 0.3) is 17.4 Å². The second-order valence-electron chi connectivity index (χ2n) is 6.19. The van der Waals surface area contributed by atoms with Gasteiger partial charge in [-0.25, -0.2) is 4.98 Å². The maximum Gasteiger partial charge on any atom is 0.267 e. The molecule has 1 fully saturated rings. The van der Waals surface area contributed by atoms with E-state index >= 15 is 0 Å². The largest absolute Gasteiger partial charge is 0.457 e. The van der Waals surface area contributed by atoms with Crippen LogP contribution in [0.2, 0.25) is 5.02 Å². The van der Waals surface area contributed by atoms with Crippen molar-refractivity contribution in [1.29, 1.82) is 0 Å². The first-order chi connectivity index (χ1) is 14.0. The lowest BCUT2D eigenvalue weighted by molar-refractivity contribution is -0.121. The summed E-state index contributed by atoms with van der Waals surface area (Å²) in [5, 5.41) is 3.76. The summed E-state index contributed by atoms with van der Waals surface area (Å²) in [6.07, 6.45) is 3.40. The summed E-state index contributed by atoms with van der Waals surface area (Å²) < 4.78 is 5.90. The number of benzene rings is 1. The van der Waals surface area contributed by atoms with Crippen molar-refractivity contribution in [2.75, 3.05) is 6.54 Å². The van der Waals surface area contributed by atoms with Gasteiger partial charge >= 0.3 is 0 Å². The molecular weight excluding hydrogens is 426 g/mol. The fourth-order valence-electron chi connectivity index (χ4n) is 2.71. The van der Waals surface area contributed by atoms with Gasteiger partial charge in [-0.3, -0.25) is 9.69 Å². The lowest BCUT2D eigenvalue weighted by Gasteiger charge is -2.11. The van der Waals surface area contributed by atoms with E-state index < -0.39 is 0 Å². The number of aliphatic imine (C=N–C) groups is 1. The van der Waals surface area contributed by atoms with Crippen LogP contribution in [0.1, 0.15) is 11.5 Å². The van der Waals surface area contributed by atoms with E-state index in [1.165, 1.54) is 23.1 Å². The lowest BCUT2D eigenvalue weighted by atomic mass is 10.2. The number of carbonyl (C=O) groups excluding carboxylic acids is 1. The molecule has 1 aliphatic heterocycles. The Bertz CT molecular complexity index is 1150. The molecule has 1 aromatic carbocycles. The molecule has 0 saturated carbocycles. The van der Waals surface area contributed by atoms with Gasteiger partial charge in [0.1, 0.15) is 11.5 Å². The van der Waals surface area contributed by atoms with Gasteiger partial charge in [-0.15, -0.1) is 17.9 Å². The van der Waals surface area contributed by atoms with Crippen molar-refractivity contribution in [2.45, 2.75) is 6.92 Å². The molecule has 8 heteroatoms. The fourth-order valence-corrected chi connectivity index (χ4v) is 4.59. The molecule has 2 aromatic heterocycles. The van der Waals surface area contributed by atoms with E-state index in [0.29, 0.717) is 38.3 Å². The molecule has 0 aliphatic carbocycles. The van der Waals surface area contributed by atoms with Crippen LogP contribution in [0.4, 0.5) is 5.13 Å². The summed E-state index contributed by atoms with van der Waals surface area (Å²) in [5.41, 5.74) is 1.78. The van der Waals surface area contributed by atoms with Gasteiger partial charge in [0, 0.05) is 28.6 Å². The zero-order chi connectivity index (χ0) is 20.4. The van der Waals surface area contributed by atoms with Gasteiger partial charge in [0.2, 0.25) is 5.13 Å². The average Bonchev–Trinajstić information content (AvgIpc) is 3.39. The van der Waals surface area contributed by atoms with Gasteiger partial charge in [0.25, 0.3) is 5.91 Å². The molecule has 0 N–H and O–H groups in total. The van der Waals surface area contributed by atoms with Crippen molar-refractivity contribution in [3.05, 3.63) is 75.8 Å². The molecule has 146 valence electrons. The van der Waals surface area contributed by atoms with Crippen molar-refractivity contribution in [3.8, 4) is 11.3 Å². The summed E-state index contributed by atoms with van der Waals surface area (Å²) in [6.45, 7) is 6.02. The topological polar surface area (TPSA) is 58.7 Å². The van der Waals surface area contributed by atoms with Crippen molar-refractivity contribution in [2.24, 2.45) is 4.99 Å². The Morgan fingerprint density at radius 2 is 2.21 bits per heavy atom. The first-order valence-corrected chi connectivity index (χ1v) is 10.8. The first-order valence-electron chi connectivity index (χ1n) is 8.72. The smallest absolute Gasteiger partial charge is 0.267 e. The number of carbonyl (C=O) groups is 1. The molecule has 1 aliphatic rings. The molecule has 5 nitrogen and oxygen atoms in total. The molecular formula is C21H16ClN3O2S2. The Labute approximate surface area is 181 Å². The minimum atomic E-state index is -0.136. The minimum Gasteiger partial charge on any atom is -0.457 e. The van der Waals surface area contributed by atoms with Gasteiger partial charge in [-0.1, -0.05) is 29.8 Å². The van der Waals surface area contributed by atoms with Crippen molar-refractivity contribution in [1.82, 2.24) is 9.88 Å². The molecule has 0 bridgehead atoms. The third-order valence-electron chi connectivity index (χ3n) is 4.01. The van der Waals surface area contributed by atoms with E-state index in [4.69, 9.17) is 16.0 Å². The number of amides is 1. The summed E-state index contributed by atoms with van der Waals surface area (Å²) in [7, 11) is 0. The van der Waals surface area contributed by atoms with E-state index in [-0.39, 0.29) is 5.91 Å². The summed E-state index contributed by atoms with van der Waals surface area (Å²) in [6, 6.07) is 11.1. The van der Waals surface area contributed by atoms with Gasteiger partial charge in [0.15, 0.2) is 5.17 Å². The third kappa shape index (κ3) is 4.37. The van der Waals surface area contributed by atoms with Gasteiger partial charge in [0.05, 0.1) is 10.6 Å². The van der Waals surface area contributed by atoms with Crippen LogP contribution in [-0.2, 0) is 4.79 Å². The van der Waals surface area contributed by atoms with Crippen molar-refractivity contribution in [3.63, 3.8) is 0 Å². The highest BCUT2D eigenvalue weighted by Gasteiger charge is 2.33. The second-order valence-corrected chi connectivity index (χ2v) is 8.48. The van der Waals surface area contributed by atoms with Crippen LogP contribution in [0, 0.1) is 6.92 Å². The monoisotopic (exact) mass is 441 g/mol. The Kier molecular flexibility index (Phi) is 5.71. The van der Waals surface area contributed by atoms with Gasteiger partial charge in [-0.05, 0) is 43.0 Å². The summed E-state index contributed by atoms with van der Waals surface area (Å²) >= 11 is 8.79. The van der Waals surface area contributed by atoms with Crippen LogP contribution < -0.4 is 0 Å². The van der Waals surface area contributed by atoms with E-state index in [9.17, 15) is 4.79 Å². The number of hydrogen-bond donors (Lipinski definition) is 0. The molecule has 0 unspecified atom stereocenters. The molecule has 0 spiro atoms.